The van der Waals surface area contributed by atoms with E-state index >= 15 is 0 Å². The third kappa shape index (κ3) is 4.55. The molecule has 2 heterocycles. The van der Waals surface area contributed by atoms with Crippen LogP contribution in [0, 0.1) is 19.8 Å². The number of hydrogen-bond acceptors (Lipinski definition) is 6. The van der Waals surface area contributed by atoms with Gasteiger partial charge in [0.05, 0.1) is 24.7 Å². The first-order valence-electron chi connectivity index (χ1n) is 8.88. The summed E-state index contributed by atoms with van der Waals surface area (Å²) in [4.78, 5) is 39.4. The molecule has 144 valence electrons. The van der Waals surface area contributed by atoms with Crippen LogP contribution >= 0.6 is 11.3 Å². The van der Waals surface area contributed by atoms with Crippen LogP contribution in [0.3, 0.4) is 0 Å². The molecule has 26 heavy (non-hydrogen) atoms. The Kier molecular flexibility index (Phi) is 7.02. The summed E-state index contributed by atoms with van der Waals surface area (Å²) >= 11 is 1.35. The number of carbonyl (C=O) groups is 3. The van der Waals surface area contributed by atoms with Crippen molar-refractivity contribution < 1.29 is 23.9 Å². The van der Waals surface area contributed by atoms with Gasteiger partial charge in [-0.2, -0.15) is 0 Å². The zero-order valence-corrected chi connectivity index (χ0v) is 16.5. The summed E-state index contributed by atoms with van der Waals surface area (Å²) in [6, 6.07) is -0.314. The minimum absolute atomic E-state index is 0.264. The molecule has 1 aliphatic rings. The number of anilines is 1. The number of nitrogens with zero attached hydrogens (tertiary/aromatic N) is 1. The molecule has 1 aliphatic heterocycles. The molecule has 0 aromatic carbocycles. The second kappa shape index (κ2) is 9.02. The van der Waals surface area contributed by atoms with Crippen molar-refractivity contribution in [3.63, 3.8) is 0 Å². The van der Waals surface area contributed by atoms with Crippen LogP contribution in [0.5, 0.6) is 0 Å². The van der Waals surface area contributed by atoms with Crippen molar-refractivity contribution in [1.82, 2.24) is 4.90 Å². The number of hydrogen-bond donors (Lipinski definition) is 1. The molecule has 8 heteroatoms. The van der Waals surface area contributed by atoms with Crippen molar-refractivity contribution in [3.8, 4) is 0 Å². The number of urea groups is 1. The maximum Gasteiger partial charge on any atom is 0.341 e. The van der Waals surface area contributed by atoms with Crippen molar-refractivity contribution >= 4 is 34.3 Å². The Morgan fingerprint density at radius 1 is 1.19 bits per heavy atom. The maximum atomic E-state index is 12.7. The van der Waals surface area contributed by atoms with Gasteiger partial charge in [0.2, 0.25) is 0 Å². The van der Waals surface area contributed by atoms with Gasteiger partial charge < -0.3 is 14.4 Å². The molecule has 0 spiro atoms. The molecule has 1 atom stereocenters. The average molecular weight is 382 g/mol. The third-order valence-electron chi connectivity index (χ3n) is 4.41. The van der Waals surface area contributed by atoms with E-state index in [1.54, 1.807) is 18.7 Å². The summed E-state index contributed by atoms with van der Waals surface area (Å²) in [5.41, 5.74) is 1.22. The van der Waals surface area contributed by atoms with E-state index in [4.69, 9.17) is 9.47 Å². The highest BCUT2D eigenvalue weighted by Crippen LogP contribution is 2.33. The van der Waals surface area contributed by atoms with Gasteiger partial charge in [0, 0.05) is 18.0 Å². The highest BCUT2D eigenvalue weighted by molar-refractivity contribution is 7.16. The van der Waals surface area contributed by atoms with E-state index in [1.807, 2.05) is 13.8 Å². The lowest BCUT2D eigenvalue weighted by Gasteiger charge is -2.31. The van der Waals surface area contributed by atoms with Crippen LogP contribution in [0.15, 0.2) is 0 Å². The Morgan fingerprint density at radius 2 is 1.88 bits per heavy atom. The Balaban J connectivity index is 2.11. The lowest BCUT2D eigenvalue weighted by atomic mass is 9.98. The molecule has 1 saturated heterocycles. The molecule has 0 radical (unpaired) electrons. The Labute approximate surface area is 157 Å². The van der Waals surface area contributed by atoms with Gasteiger partial charge in [0.15, 0.2) is 0 Å². The smallest absolute Gasteiger partial charge is 0.341 e. The van der Waals surface area contributed by atoms with Gasteiger partial charge in [-0.15, -0.1) is 11.3 Å². The number of amides is 2. The minimum Gasteiger partial charge on any atom is -0.466 e. The van der Waals surface area contributed by atoms with Crippen molar-refractivity contribution in [3.05, 3.63) is 16.0 Å². The quantitative estimate of drug-likeness (QED) is 0.790. The van der Waals surface area contributed by atoms with E-state index in [9.17, 15) is 14.4 Å². The Bertz CT molecular complexity index is 685. The van der Waals surface area contributed by atoms with E-state index in [1.165, 1.54) is 11.3 Å². The van der Waals surface area contributed by atoms with Crippen LogP contribution in [0.1, 0.15) is 47.5 Å². The number of rotatable bonds is 5. The van der Waals surface area contributed by atoms with Crippen molar-refractivity contribution in [2.45, 2.75) is 40.5 Å². The predicted molar refractivity (Wildman–Crippen MR) is 99.7 cm³/mol. The zero-order valence-electron chi connectivity index (χ0n) is 15.7. The highest BCUT2D eigenvalue weighted by atomic mass is 32.1. The molecule has 2 amide bonds. The van der Waals surface area contributed by atoms with E-state index in [0.29, 0.717) is 36.7 Å². The predicted octanol–water partition coefficient (Wildman–Crippen LogP) is 3.35. The average Bonchev–Trinajstić information content (AvgIpc) is 2.89. The van der Waals surface area contributed by atoms with Crippen LogP contribution in [0.4, 0.5) is 9.80 Å². The minimum atomic E-state index is -0.437. The Morgan fingerprint density at radius 3 is 2.54 bits per heavy atom. The second-order valence-corrected chi connectivity index (χ2v) is 7.40. The molecule has 1 fully saturated rings. The number of esters is 2. The van der Waals surface area contributed by atoms with E-state index in [0.717, 1.165) is 16.9 Å². The van der Waals surface area contributed by atoms with Crippen molar-refractivity contribution in [1.29, 1.82) is 0 Å². The summed E-state index contributed by atoms with van der Waals surface area (Å²) in [6.07, 6.45) is 1.46. The lowest BCUT2D eigenvalue weighted by Crippen LogP contribution is -2.44. The third-order valence-corrected chi connectivity index (χ3v) is 5.54. The molecule has 0 aliphatic carbocycles. The molecule has 0 bridgehead atoms. The van der Waals surface area contributed by atoms with Gasteiger partial charge in [-0.25, -0.2) is 9.59 Å². The molecule has 0 saturated carbocycles. The highest BCUT2D eigenvalue weighted by Gasteiger charge is 2.30. The molecule has 0 unspecified atom stereocenters. The summed E-state index contributed by atoms with van der Waals surface area (Å²) in [7, 11) is 0. The fraction of sp³-hybridized carbons (Fsp3) is 0.611. The molecule has 7 nitrogen and oxygen atoms in total. The van der Waals surface area contributed by atoms with Gasteiger partial charge >= 0.3 is 18.0 Å². The van der Waals surface area contributed by atoms with Crippen molar-refractivity contribution in [2.24, 2.45) is 5.92 Å². The number of ether oxygens (including phenoxy) is 2. The fourth-order valence-electron chi connectivity index (χ4n) is 2.95. The number of nitrogens with one attached hydrogen (secondary N) is 1. The van der Waals surface area contributed by atoms with Crippen LogP contribution in [-0.4, -0.2) is 49.2 Å². The Hall–Kier alpha value is -2.09. The van der Waals surface area contributed by atoms with Crippen LogP contribution < -0.4 is 5.32 Å². The monoisotopic (exact) mass is 382 g/mol. The fourth-order valence-corrected chi connectivity index (χ4v) is 3.99. The zero-order chi connectivity index (χ0) is 19.3. The largest absolute Gasteiger partial charge is 0.466 e. The SMILES string of the molecule is CCOC(=O)c1c(NC(=O)N2CCC[C@H](C(=O)OCC)C2)sc(C)c1C. The van der Waals surface area contributed by atoms with Gasteiger partial charge in [0.1, 0.15) is 5.00 Å². The molecule has 1 aromatic rings. The van der Waals surface area contributed by atoms with E-state index in [2.05, 4.69) is 5.32 Å². The second-order valence-electron chi connectivity index (χ2n) is 6.18. The first kappa shape index (κ1) is 20.2. The summed E-state index contributed by atoms with van der Waals surface area (Å²) in [5.74, 6) is -1.00. The van der Waals surface area contributed by atoms with Crippen molar-refractivity contribution in [2.75, 3.05) is 31.6 Å². The first-order chi connectivity index (χ1) is 12.4. The standard InChI is InChI=1S/C18H26N2O5S/c1-5-24-16(21)13-8-7-9-20(10-13)18(23)19-15-14(17(22)25-6-2)11(3)12(4)26-15/h13H,5-10H2,1-4H3,(H,19,23)/t13-/m0/s1. The van der Waals surface area contributed by atoms with Crippen LogP contribution in [-0.2, 0) is 14.3 Å². The number of thiophene rings is 1. The van der Waals surface area contributed by atoms with E-state index < -0.39 is 5.97 Å². The number of likely N-dealkylation sites (tertiary alicyclic amines) is 1. The number of carbonyl (C=O) groups excluding carboxylic acids is 3. The normalized spacial score (nSPS) is 16.9. The van der Waals surface area contributed by atoms with Gasteiger partial charge in [-0.1, -0.05) is 0 Å². The lowest BCUT2D eigenvalue weighted by molar-refractivity contribution is -0.149. The number of piperidine rings is 1. The maximum absolute atomic E-state index is 12.7. The molecular weight excluding hydrogens is 356 g/mol. The van der Waals surface area contributed by atoms with E-state index in [-0.39, 0.29) is 24.5 Å². The summed E-state index contributed by atoms with van der Waals surface area (Å²) in [6.45, 7) is 8.74. The topological polar surface area (TPSA) is 84.9 Å². The summed E-state index contributed by atoms with van der Waals surface area (Å²) < 4.78 is 10.2. The van der Waals surface area contributed by atoms with Crippen LogP contribution in [0.25, 0.3) is 0 Å². The first-order valence-corrected chi connectivity index (χ1v) is 9.70. The van der Waals surface area contributed by atoms with Gasteiger partial charge in [-0.3, -0.25) is 10.1 Å². The number of aryl methyl sites for hydroxylation is 1. The van der Waals surface area contributed by atoms with Crippen LogP contribution in [0.2, 0.25) is 0 Å². The molecule has 1 N–H and O–H groups in total. The van der Waals surface area contributed by atoms with Gasteiger partial charge in [0.25, 0.3) is 0 Å². The molecule has 1 aromatic heterocycles. The molecule has 2 rings (SSSR count). The molecular formula is C18H26N2O5S. The summed E-state index contributed by atoms with van der Waals surface area (Å²) in [5, 5.41) is 3.31. The van der Waals surface area contributed by atoms with Gasteiger partial charge in [-0.05, 0) is 46.1 Å².